The van der Waals surface area contributed by atoms with Gasteiger partial charge in [-0.05, 0) is 42.8 Å². The van der Waals surface area contributed by atoms with E-state index >= 15 is 0 Å². The molecule has 33 heavy (non-hydrogen) atoms. The first kappa shape index (κ1) is 23.3. The van der Waals surface area contributed by atoms with Crippen LogP contribution in [0.2, 0.25) is 0 Å². The normalized spacial score (nSPS) is 10.2. The Morgan fingerprint density at radius 3 is 2.24 bits per heavy atom. The molecule has 0 atom stereocenters. The minimum Gasteiger partial charge on any atom is -0.484 e. The van der Waals surface area contributed by atoms with Crippen molar-refractivity contribution in [2.75, 3.05) is 29.1 Å². The average Bonchev–Trinajstić information content (AvgIpc) is 2.82. The van der Waals surface area contributed by atoms with Gasteiger partial charge in [0.2, 0.25) is 5.91 Å². The molecule has 0 aliphatic carbocycles. The van der Waals surface area contributed by atoms with Crippen LogP contribution in [0.3, 0.4) is 0 Å². The van der Waals surface area contributed by atoms with E-state index < -0.39 is 4.92 Å². The molecule has 2 amide bonds. The Kier molecular flexibility index (Phi) is 8.35. The number of nitrogens with zero attached hydrogens (tertiary/aromatic N) is 1. The maximum absolute atomic E-state index is 12.2. The molecule has 0 fully saturated rings. The van der Waals surface area contributed by atoms with Gasteiger partial charge in [-0.3, -0.25) is 19.7 Å². The summed E-state index contributed by atoms with van der Waals surface area (Å²) in [4.78, 5) is 34.4. The monoisotopic (exact) mass is 448 g/mol. The van der Waals surface area contributed by atoms with Crippen molar-refractivity contribution in [3.05, 3.63) is 89.0 Å². The highest BCUT2D eigenvalue weighted by atomic mass is 16.6. The van der Waals surface area contributed by atoms with E-state index in [0.717, 1.165) is 5.69 Å². The Balaban J connectivity index is 1.37. The largest absolute Gasteiger partial charge is 0.484 e. The van der Waals surface area contributed by atoms with Gasteiger partial charge in [0.1, 0.15) is 5.75 Å². The summed E-state index contributed by atoms with van der Waals surface area (Å²) in [5, 5.41) is 19.3. The lowest BCUT2D eigenvalue weighted by Crippen LogP contribution is -2.20. The molecule has 0 saturated heterocycles. The quantitative estimate of drug-likeness (QED) is 0.226. The molecule has 3 aromatic carbocycles. The van der Waals surface area contributed by atoms with Crippen LogP contribution in [0.15, 0.2) is 78.9 Å². The molecule has 9 nitrogen and oxygen atoms in total. The number of hydrogen-bond donors (Lipinski definition) is 3. The minimum absolute atomic E-state index is 0.0305. The SMILES string of the molecule is O=C(CCCNc1ccc([N+](=O)[O-])cc1)Nc1cccc(OCC(=O)Nc2ccccc2)c1. The number of para-hydroxylation sites is 1. The number of carbonyl (C=O) groups is 2. The third-order valence-corrected chi connectivity index (χ3v) is 4.53. The number of nitro benzene ring substituents is 1. The highest BCUT2D eigenvalue weighted by Gasteiger charge is 2.07. The molecule has 3 aromatic rings. The summed E-state index contributed by atoms with van der Waals surface area (Å²) in [6, 6.07) is 22.0. The van der Waals surface area contributed by atoms with Gasteiger partial charge in [-0.2, -0.15) is 0 Å². The summed E-state index contributed by atoms with van der Waals surface area (Å²) in [5.74, 6) is 0.0338. The van der Waals surface area contributed by atoms with E-state index in [1.807, 2.05) is 18.2 Å². The molecule has 9 heteroatoms. The number of nitro groups is 1. The van der Waals surface area contributed by atoms with Crippen LogP contribution in [0.5, 0.6) is 5.75 Å². The van der Waals surface area contributed by atoms with E-state index in [-0.39, 0.29) is 24.1 Å². The van der Waals surface area contributed by atoms with E-state index in [9.17, 15) is 19.7 Å². The van der Waals surface area contributed by atoms with E-state index in [1.54, 1.807) is 48.5 Å². The molecular weight excluding hydrogens is 424 g/mol. The molecule has 0 aliphatic heterocycles. The summed E-state index contributed by atoms with van der Waals surface area (Å²) in [5.41, 5.74) is 2.05. The van der Waals surface area contributed by atoms with Crippen molar-refractivity contribution in [1.29, 1.82) is 0 Å². The van der Waals surface area contributed by atoms with Crippen molar-refractivity contribution in [3.8, 4) is 5.75 Å². The Labute approximate surface area is 190 Å². The molecule has 0 radical (unpaired) electrons. The predicted octanol–water partition coefficient (Wildman–Crippen LogP) is 4.44. The fourth-order valence-corrected chi connectivity index (χ4v) is 2.94. The zero-order chi connectivity index (χ0) is 23.5. The van der Waals surface area contributed by atoms with Crippen molar-refractivity contribution < 1.29 is 19.2 Å². The Bertz CT molecular complexity index is 1090. The zero-order valence-electron chi connectivity index (χ0n) is 17.8. The van der Waals surface area contributed by atoms with E-state index in [2.05, 4.69) is 16.0 Å². The molecule has 0 aromatic heterocycles. The number of rotatable bonds is 11. The smallest absolute Gasteiger partial charge is 0.269 e. The van der Waals surface area contributed by atoms with Crippen molar-refractivity contribution in [2.24, 2.45) is 0 Å². The van der Waals surface area contributed by atoms with Crippen LogP contribution in [0.4, 0.5) is 22.7 Å². The van der Waals surface area contributed by atoms with E-state index in [0.29, 0.717) is 36.5 Å². The van der Waals surface area contributed by atoms with Gasteiger partial charge in [-0.1, -0.05) is 24.3 Å². The summed E-state index contributed by atoms with van der Waals surface area (Å²) in [7, 11) is 0. The van der Waals surface area contributed by atoms with Gasteiger partial charge < -0.3 is 20.7 Å². The fourth-order valence-electron chi connectivity index (χ4n) is 2.94. The number of ether oxygens (including phenoxy) is 1. The van der Waals surface area contributed by atoms with Crippen LogP contribution < -0.4 is 20.7 Å². The first-order valence-corrected chi connectivity index (χ1v) is 10.4. The molecular formula is C24H24N4O5. The van der Waals surface area contributed by atoms with Crippen molar-refractivity contribution in [2.45, 2.75) is 12.8 Å². The maximum atomic E-state index is 12.2. The molecule has 3 rings (SSSR count). The number of amides is 2. The Morgan fingerprint density at radius 2 is 1.52 bits per heavy atom. The zero-order valence-corrected chi connectivity index (χ0v) is 17.8. The van der Waals surface area contributed by atoms with Crippen LogP contribution in [0, 0.1) is 10.1 Å². The first-order chi connectivity index (χ1) is 16.0. The van der Waals surface area contributed by atoms with Gasteiger partial charge >= 0.3 is 0 Å². The standard InChI is InChI=1S/C24H24N4O5/c29-23(10-5-15-25-18-11-13-21(14-12-18)28(31)32)27-20-8-4-9-22(16-20)33-17-24(30)26-19-6-2-1-3-7-19/h1-4,6-9,11-14,16,25H,5,10,15,17H2,(H,26,30)(H,27,29). The third kappa shape index (κ3) is 7.98. The lowest BCUT2D eigenvalue weighted by Gasteiger charge is -2.10. The molecule has 0 unspecified atom stereocenters. The van der Waals surface area contributed by atoms with Gasteiger partial charge in [0.15, 0.2) is 6.61 Å². The second-order valence-corrected chi connectivity index (χ2v) is 7.11. The summed E-state index contributed by atoms with van der Waals surface area (Å²) in [6.07, 6.45) is 0.878. The average molecular weight is 448 g/mol. The fraction of sp³-hybridized carbons (Fsp3) is 0.167. The van der Waals surface area contributed by atoms with Gasteiger partial charge in [0.05, 0.1) is 4.92 Å². The molecule has 0 saturated carbocycles. The number of nitrogens with one attached hydrogen (secondary N) is 3. The van der Waals surface area contributed by atoms with Gasteiger partial charge in [-0.25, -0.2) is 0 Å². The number of benzene rings is 3. The van der Waals surface area contributed by atoms with Crippen LogP contribution >= 0.6 is 0 Å². The Hall–Kier alpha value is -4.40. The third-order valence-electron chi connectivity index (χ3n) is 4.53. The van der Waals surface area contributed by atoms with Crippen molar-refractivity contribution in [3.63, 3.8) is 0 Å². The lowest BCUT2D eigenvalue weighted by atomic mass is 10.2. The molecule has 3 N–H and O–H groups in total. The van der Waals surface area contributed by atoms with Gasteiger partial charge in [-0.15, -0.1) is 0 Å². The Morgan fingerprint density at radius 1 is 0.818 bits per heavy atom. The summed E-state index contributed by atoms with van der Waals surface area (Å²) >= 11 is 0. The van der Waals surface area contributed by atoms with Crippen LogP contribution in [0.25, 0.3) is 0 Å². The number of non-ortho nitro benzene ring substituents is 1. The first-order valence-electron chi connectivity index (χ1n) is 10.4. The van der Waals surface area contributed by atoms with Crippen LogP contribution in [-0.2, 0) is 9.59 Å². The second-order valence-electron chi connectivity index (χ2n) is 7.11. The summed E-state index contributed by atoms with van der Waals surface area (Å²) in [6.45, 7) is 0.394. The highest BCUT2D eigenvalue weighted by Crippen LogP contribution is 2.18. The number of carbonyl (C=O) groups excluding carboxylic acids is 2. The van der Waals surface area contributed by atoms with E-state index in [4.69, 9.17) is 4.74 Å². The topological polar surface area (TPSA) is 123 Å². The van der Waals surface area contributed by atoms with E-state index in [1.165, 1.54) is 12.1 Å². The predicted molar refractivity (Wildman–Crippen MR) is 126 cm³/mol. The van der Waals surface area contributed by atoms with Crippen LogP contribution in [0.1, 0.15) is 12.8 Å². The molecule has 0 heterocycles. The number of hydrogen-bond acceptors (Lipinski definition) is 6. The summed E-state index contributed by atoms with van der Waals surface area (Å²) < 4.78 is 5.52. The minimum atomic E-state index is -0.451. The molecule has 170 valence electrons. The maximum Gasteiger partial charge on any atom is 0.269 e. The lowest BCUT2D eigenvalue weighted by molar-refractivity contribution is -0.384. The highest BCUT2D eigenvalue weighted by molar-refractivity contribution is 5.92. The number of anilines is 3. The van der Waals surface area contributed by atoms with Crippen molar-refractivity contribution in [1.82, 2.24) is 0 Å². The molecule has 0 aliphatic rings. The van der Waals surface area contributed by atoms with Crippen molar-refractivity contribution >= 4 is 34.6 Å². The van der Waals surface area contributed by atoms with Gasteiger partial charge in [0.25, 0.3) is 11.6 Å². The van der Waals surface area contributed by atoms with Gasteiger partial charge in [0, 0.05) is 48.2 Å². The molecule has 0 bridgehead atoms. The molecule has 0 spiro atoms. The van der Waals surface area contributed by atoms with Crippen LogP contribution in [-0.4, -0.2) is 29.9 Å². The second kappa shape index (κ2) is 11.8.